The Hall–Kier alpha value is -0.610. The van der Waals surface area contributed by atoms with Crippen molar-refractivity contribution in [1.82, 2.24) is 0 Å². The third kappa shape index (κ3) is 3.18. The second-order valence-corrected chi connectivity index (χ2v) is 9.52. The molecule has 4 atom stereocenters. The Labute approximate surface area is 135 Å². The van der Waals surface area contributed by atoms with Crippen LogP contribution in [0.25, 0.3) is 0 Å². The van der Waals surface area contributed by atoms with E-state index in [1.807, 2.05) is 27.7 Å². The van der Waals surface area contributed by atoms with Crippen molar-refractivity contribution in [2.24, 2.45) is 16.6 Å². The molecular formula is C18H33NO3. The highest BCUT2D eigenvalue weighted by Crippen LogP contribution is 2.47. The van der Waals surface area contributed by atoms with Gasteiger partial charge < -0.3 is 15.2 Å². The van der Waals surface area contributed by atoms with Gasteiger partial charge in [-0.1, -0.05) is 20.8 Å². The number of esters is 1. The van der Waals surface area contributed by atoms with Crippen molar-refractivity contribution in [1.29, 1.82) is 0 Å². The van der Waals surface area contributed by atoms with E-state index in [0.29, 0.717) is 6.42 Å². The van der Waals surface area contributed by atoms with E-state index in [2.05, 4.69) is 20.8 Å². The maximum absolute atomic E-state index is 13.1. The number of fused-ring (bicyclic) bond motifs is 2. The number of rotatable bonds is 4. The first-order valence-corrected chi connectivity index (χ1v) is 8.45. The molecule has 2 saturated heterocycles. The zero-order valence-corrected chi connectivity index (χ0v) is 15.3. The summed E-state index contributed by atoms with van der Waals surface area (Å²) in [7, 11) is 0. The lowest BCUT2D eigenvalue weighted by Crippen LogP contribution is -2.57. The molecule has 0 aromatic carbocycles. The van der Waals surface area contributed by atoms with Gasteiger partial charge in [0.15, 0.2) is 0 Å². The molecule has 2 fully saturated rings. The molecule has 2 bridgehead atoms. The molecule has 0 radical (unpaired) electrons. The van der Waals surface area contributed by atoms with Crippen LogP contribution in [0.15, 0.2) is 0 Å². The van der Waals surface area contributed by atoms with Gasteiger partial charge in [0.25, 0.3) is 0 Å². The second kappa shape index (κ2) is 5.20. The summed E-state index contributed by atoms with van der Waals surface area (Å²) in [6.45, 7) is 14.2. The number of nitrogens with two attached hydrogens (primary N) is 1. The minimum Gasteiger partial charge on any atom is -0.456 e. The molecule has 0 amide bonds. The second-order valence-electron chi connectivity index (χ2n) is 9.52. The normalized spacial score (nSPS) is 34.5. The number of hydrogen-bond acceptors (Lipinski definition) is 4. The van der Waals surface area contributed by atoms with Gasteiger partial charge in [-0.25, -0.2) is 0 Å². The predicted octanol–water partition coefficient (Wildman–Crippen LogP) is 3.42. The van der Waals surface area contributed by atoms with Gasteiger partial charge >= 0.3 is 5.97 Å². The van der Waals surface area contributed by atoms with Crippen LogP contribution in [0.5, 0.6) is 0 Å². The minimum absolute atomic E-state index is 0.00348. The molecule has 128 valence electrons. The summed E-state index contributed by atoms with van der Waals surface area (Å²) in [5.74, 6) is -0.187. The van der Waals surface area contributed by atoms with Gasteiger partial charge in [0.2, 0.25) is 0 Å². The Bertz CT molecular complexity index is 448. The highest BCUT2D eigenvalue weighted by atomic mass is 16.6. The summed E-state index contributed by atoms with van der Waals surface area (Å²) in [4.78, 5) is 13.1. The van der Waals surface area contributed by atoms with Crippen LogP contribution in [0.4, 0.5) is 0 Å². The van der Waals surface area contributed by atoms with Crippen molar-refractivity contribution in [2.75, 3.05) is 0 Å². The molecule has 0 spiro atoms. The van der Waals surface area contributed by atoms with Crippen LogP contribution in [-0.2, 0) is 14.3 Å². The zero-order valence-electron chi connectivity index (χ0n) is 15.3. The average Bonchev–Trinajstić information content (AvgIpc) is 2.84. The van der Waals surface area contributed by atoms with E-state index in [1.54, 1.807) is 0 Å². The molecule has 4 nitrogen and oxygen atoms in total. The maximum Gasteiger partial charge on any atom is 0.314 e. The van der Waals surface area contributed by atoms with E-state index < -0.39 is 16.6 Å². The summed E-state index contributed by atoms with van der Waals surface area (Å²) < 4.78 is 11.9. The molecule has 2 rings (SSSR count). The Kier molecular flexibility index (Phi) is 4.19. The number of carbonyl (C=O) groups excluding carboxylic acids is 1. The fraction of sp³-hybridized carbons (Fsp3) is 0.944. The van der Waals surface area contributed by atoms with Crippen LogP contribution >= 0.6 is 0 Å². The Morgan fingerprint density at radius 1 is 1.23 bits per heavy atom. The number of carbonyl (C=O) groups is 1. The molecule has 4 unspecified atom stereocenters. The molecule has 2 aliphatic heterocycles. The highest BCUT2D eigenvalue weighted by molar-refractivity contribution is 5.78. The quantitative estimate of drug-likeness (QED) is 0.808. The smallest absolute Gasteiger partial charge is 0.314 e. The van der Waals surface area contributed by atoms with Crippen LogP contribution in [0.1, 0.15) is 74.1 Å². The first-order chi connectivity index (χ1) is 9.77. The van der Waals surface area contributed by atoms with Gasteiger partial charge in [-0.05, 0) is 52.4 Å². The summed E-state index contributed by atoms with van der Waals surface area (Å²) in [5, 5.41) is 0. The molecule has 2 N–H and O–H groups in total. The van der Waals surface area contributed by atoms with Crippen molar-refractivity contribution < 1.29 is 14.3 Å². The van der Waals surface area contributed by atoms with Crippen LogP contribution in [-0.4, -0.2) is 29.3 Å². The van der Waals surface area contributed by atoms with Gasteiger partial charge in [-0.2, -0.15) is 0 Å². The SMILES string of the molecule is CC(C)(C)CC(C)(C(=O)OC1(C)CC2CCC1O2)C(C)(C)N. The summed E-state index contributed by atoms with van der Waals surface area (Å²) in [5.41, 5.74) is 4.51. The van der Waals surface area contributed by atoms with Crippen LogP contribution < -0.4 is 5.73 Å². The Morgan fingerprint density at radius 2 is 1.82 bits per heavy atom. The largest absolute Gasteiger partial charge is 0.456 e. The van der Waals surface area contributed by atoms with Crippen molar-refractivity contribution >= 4 is 5.97 Å². The summed E-state index contributed by atoms with van der Waals surface area (Å²) in [6.07, 6.45) is 3.85. The van der Waals surface area contributed by atoms with E-state index in [1.165, 1.54) is 0 Å². The molecule has 2 aliphatic rings. The highest BCUT2D eigenvalue weighted by Gasteiger charge is 2.56. The first-order valence-electron chi connectivity index (χ1n) is 8.45. The van der Waals surface area contributed by atoms with Crippen LogP contribution in [0, 0.1) is 10.8 Å². The van der Waals surface area contributed by atoms with Crippen molar-refractivity contribution in [3.63, 3.8) is 0 Å². The van der Waals surface area contributed by atoms with Gasteiger partial charge in [0.1, 0.15) is 5.60 Å². The van der Waals surface area contributed by atoms with Gasteiger partial charge in [0.05, 0.1) is 17.6 Å². The van der Waals surface area contributed by atoms with E-state index >= 15 is 0 Å². The summed E-state index contributed by atoms with van der Waals surface area (Å²) in [6, 6.07) is 0. The molecular weight excluding hydrogens is 278 g/mol. The van der Waals surface area contributed by atoms with E-state index in [0.717, 1.165) is 19.3 Å². The fourth-order valence-electron chi connectivity index (χ4n) is 3.94. The fourth-order valence-corrected chi connectivity index (χ4v) is 3.94. The zero-order chi connectivity index (χ0) is 17.0. The Morgan fingerprint density at radius 3 is 2.18 bits per heavy atom. The lowest BCUT2D eigenvalue weighted by atomic mass is 9.65. The standard InChI is InChI=1S/C18H33NO3/c1-15(2,3)11-17(6,16(4,5)19)14(20)22-18(7)10-12-8-9-13(18)21-12/h12-13H,8-11,19H2,1-7H3. The summed E-state index contributed by atoms with van der Waals surface area (Å²) >= 11 is 0. The first kappa shape index (κ1) is 17.7. The molecule has 0 aliphatic carbocycles. The van der Waals surface area contributed by atoms with Gasteiger partial charge in [-0.3, -0.25) is 4.79 Å². The molecule has 4 heteroatoms. The van der Waals surface area contributed by atoms with Crippen molar-refractivity contribution in [3.05, 3.63) is 0 Å². The third-order valence-electron chi connectivity index (χ3n) is 5.50. The van der Waals surface area contributed by atoms with E-state index in [4.69, 9.17) is 15.2 Å². The van der Waals surface area contributed by atoms with E-state index in [-0.39, 0.29) is 23.6 Å². The van der Waals surface area contributed by atoms with Gasteiger partial charge in [0, 0.05) is 12.0 Å². The monoisotopic (exact) mass is 311 g/mol. The third-order valence-corrected chi connectivity index (χ3v) is 5.50. The average molecular weight is 311 g/mol. The number of ether oxygens (including phenoxy) is 2. The molecule has 2 heterocycles. The topological polar surface area (TPSA) is 61.5 Å². The minimum atomic E-state index is -0.726. The number of hydrogen-bond donors (Lipinski definition) is 1. The molecule has 0 aromatic heterocycles. The molecule has 0 saturated carbocycles. The van der Waals surface area contributed by atoms with E-state index in [9.17, 15) is 4.79 Å². The van der Waals surface area contributed by atoms with Crippen LogP contribution in [0.2, 0.25) is 0 Å². The van der Waals surface area contributed by atoms with Crippen molar-refractivity contribution in [3.8, 4) is 0 Å². The van der Waals surface area contributed by atoms with Gasteiger partial charge in [-0.15, -0.1) is 0 Å². The lowest BCUT2D eigenvalue weighted by molar-refractivity contribution is -0.181. The van der Waals surface area contributed by atoms with Crippen LogP contribution in [0.3, 0.4) is 0 Å². The lowest BCUT2D eigenvalue weighted by Gasteiger charge is -2.45. The predicted molar refractivity (Wildman–Crippen MR) is 87.5 cm³/mol. The molecule has 0 aromatic rings. The van der Waals surface area contributed by atoms with Crippen molar-refractivity contribution in [2.45, 2.75) is 97.5 Å². The Balaban J connectivity index is 2.20. The maximum atomic E-state index is 13.1. The molecule has 22 heavy (non-hydrogen) atoms.